The molecular weight excluding hydrogens is 413 g/mol. The van der Waals surface area contributed by atoms with Gasteiger partial charge in [-0.2, -0.15) is 26.3 Å². The molecule has 2 bridgehead atoms. The third-order valence-electron chi connectivity index (χ3n) is 6.12. The third-order valence-corrected chi connectivity index (χ3v) is 6.70. The van der Waals surface area contributed by atoms with Crippen LogP contribution in [-0.4, -0.2) is 27.7 Å². The molecule has 3 unspecified atom stereocenters. The Morgan fingerprint density at radius 2 is 1.46 bits per heavy atom. The summed E-state index contributed by atoms with van der Waals surface area (Å²) in [5.41, 5.74) is -0.578. The van der Waals surface area contributed by atoms with E-state index >= 15 is 0 Å². The molecule has 0 amide bonds. The van der Waals surface area contributed by atoms with E-state index in [9.17, 15) is 30.7 Å². The van der Waals surface area contributed by atoms with E-state index in [1.807, 2.05) is 0 Å². The highest BCUT2D eigenvalue weighted by Crippen LogP contribution is 2.54. The van der Waals surface area contributed by atoms with Gasteiger partial charge in [-0.3, -0.25) is 0 Å². The van der Waals surface area contributed by atoms with Gasteiger partial charge in [0.25, 0.3) is 5.00 Å². The molecule has 2 nitrogen and oxygen atoms in total. The average molecular weight is 440 g/mol. The Kier molecular flexibility index (Phi) is 6.70. The molecule has 2 saturated carbocycles. The lowest BCUT2D eigenvalue weighted by molar-refractivity contribution is -0.445. The van der Waals surface area contributed by atoms with E-state index in [2.05, 4.69) is 11.7 Å². The minimum Gasteiger partial charge on any atom is -0.327 e. The first-order valence-electron chi connectivity index (χ1n) is 9.38. The standard InChI is InChI=1S/C18H27F7O2S/c1-11-6-12-8-13(7-11)10-14(2,9-12)4-5-16(20,21)18(24,25)27-17(22,23)15(3,19)28-26/h11-13,26H,4-10H2,1-3H3. The molecule has 28 heavy (non-hydrogen) atoms. The van der Waals surface area contributed by atoms with Crippen LogP contribution >= 0.6 is 12.0 Å². The van der Waals surface area contributed by atoms with Gasteiger partial charge in [-0.05, 0) is 68.6 Å². The summed E-state index contributed by atoms with van der Waals surface area (Å²) < 4.78 is 108. The number of hydrogen-bond acceptors (Lipinski definition) is 3. The maximum atomic E-state index is 14.1. The van der Waals surface area contributed by atoms with E-state index < -0.39 is 47.0 Å². The Labute approximate surface area is 164 Å². The van der Waals surface area contributed by atoms with Crippen LogP contribution in [-0.2, 0) is 4.74 Å². The van der Waals surface area contributed by atoms with Crippen molar-refractivity contribution in [3.05, 3.63) is 0 Å². The molecule has 2 fully saturated rings. The van der Waals surface area contributed by atoms with Gasteiger partial charge in [0.15, 0.2) is 0 Å². The first-order chi connectivity index (χ1) is 12.5. The summed E-state index contributed by atoms with van der Waals surface area (Å²) in [6.45, 7) is 3.97. The van der Waals surface area contributed by atoms with Crippen LogP contribution in [0.5, 0.6) is 0 Å². The van der Waals surface area contributed by atoms with Crippen LogP contribution in [0.25, 0.3) is 0 Å². The van der Waals surface area contributed by atoms with Gasteiger partial charge in [-0.1, -0.05) is 13.8 Å². The monoisotopic (exact) mass is 440 g/mol. The molecule has 2 rings (SSSR count). The van der Waals surface area contributed by atoms with Crippen LogP contribution in [0.15, 0.2) is 0 Å². The number of fused-ring (bicyclic) bond motifs is 2. The van der Waals surface area contributed by atoms with Crippen molar-refractivity contribution >= 4 is 12.0 Å². The first-order valence-corrected chi connectivity index (χ1v) is 10.1. The fourth-order valence-corrected chi connectivity index (χ4v) is 5.04. The number of hydrogen-bond donors (Lipinski definition) is 1. The van der Waals surface area contributed by atoms with Gasteiger partial charge < -0.3 is 4.55 Å². The highest BCUT2D eigenvalue weighted by molar-refractivity contribution is 7.95. The molecule has 0 aromatic rings. The zero-order chi connectivity index (χ0) is 21.6. The number of halogens is 7. The van der Waals surface area contributed by atoms with E-state index in [-0.39, 0.29) is 13.3 Å². The van der Waals surface area contributed by atoms with Crippen molar-refractivity contribution in [1.82, 2.24) is 0 Å². The first kappa shape index (κ1) is 24.1. The number of ether oxygens (including phenoxy) is 1. The second kappa shape index (κ2) is 7.80. The Balaban J connectivity index is 2.04. The molecule has 0 spiro atoms. The van der Waals surface area contributed by atoms with Crippen LogP contribution in [0.4, 0.5) is 30.7 Å². The van der Waals surface area contributed by atoms with Crippen molar-refractivity contribution in [3.63, 3.8) is 0 Å². The van der Waals surface area contributed by atoms with Crippen molar-refractivity contribution < 1.29 is 40.0 Å². The summed E-state index contributed by atoms with van der Waals surface area (Å²) >= 11 is -1.09. The Morgan fingerprint density at radius 3 is 1.93 bits per heavy atom. The minimum absolute atomic E-state index is 0.0642. The highest BCUT2D eigenvalue weighted by Gasteiger charge is 2.67. The zero-order valence-electron chi connectivity index (χ0n) is 16.1. The molecule has 3 atom stereocenters. The van der Waals surface area contributed by atoms with Crippen molar-refractivity contribution in [2.45, 2.75) is 88.9 Å². The normalized spacial score (nSPS) is 34.2. The molecule has 0 aromatic carbocycles. The van der Waals surface area contributed by atoms with Gasteiger partial charge >= 0.3 is 18.1 Å². The van der Waals surface area contributed by atoms with Gasteiger partial charge in [-0.15, -0.1) is 0 Å². The second-order valence-electron chi connectivity index (χ2n) is 9.11. The lowest BCUT2D eigenvalue weighted by atomic mass is 9.58. The minimum atomic E-state index is -5.59. The third kappa shape index (κ3) is 5.09. The van der Waals surface area contributed by atoms with Crippen LogP contribution in [0.3, 0.4) is 0 Å². The summed E-state index contributed by atoms with van der Waals surface area (Å²) in [7, 11) is 0. The van der Waals surface area contributed by atoms with E-state index in [4.69, 9.17) is 4.55 Å². The van der Waals surface area contributed by atoms with Crippen molar-refractivity contribution in [3.8, 4) is 0 Å². The van der Waals surface area contributed by atoms with Crippen molar-refractivity contribution in [1.29, 1.82) is 0 Å². The Morgan fingerprint density at radius 1 is 0.964 bits per heavy atom. The quantitative estimate of drug-likeness (QED) is 0.316. The molecule has 0 heterocycles. The number of rotatable bonds is 8. The maximum Gasteiger partial charge on any atom is 0.423 e. The highest BCUT2D eigenvalue weighted by atomic mass is 32.2. The van der Waals surface area contributed by atoms with E-state index in [1.165, 1.54) is 0 Å². The van der Waals surface area contributed by atoms with Crippen LogP contribution < -0.4 is 0 Å². The molecule has 0 aliphatic heterocycles. The molecule has 0 saturated heterocycles. The molecule has 10 heteroatoms. The van der Waals surface area contributed by atoms with Crippen molar-refractivity contribution in [2.75, 3.05) is 0 Å². The Hall–Kier alpha value is -0.220. The summed E-state index contributed by atoms with van der Waals surface area (Å²) in [6, 6.07) is 0. The zero-order valence-corrected chi connectivity index (χ0v) is 16.9. The summed E-state index contributed by atoms with van der Waals surface area (Å²) in [5.74, 6) is -3.64. The molecular formula is C18H27F7O2S. The largest absolute Gasteiger partial charge is 0.423 e. The van der Waals surface area contributed by atoms with E-state index in [0.717, 1.165) is 19.3 Å². The maximum absolute atomic E-state index is 14.1. The van der Waals surface area contributed by atoms with E-state index in [0.29, 0.717) is 30.6 Å². The predicted octanol–water partition coefficient (Wildman–Crippen LogP) is 7.35. The Bertz CT molecular complexity index is 538. The molecule has 2 aliphatic carbocycles. The van der Waals surface area contributed by atoms with E-state index in [1.54, 1.807) is 6.92 Å². The molecule has 0 radical (unpaired) electrons. The van der Waals surface area contributed by atoms with Gasteiger partial charge in [0, 0.05) is 18.5 Å². The summed E-state index contributed by atoms with van der Waals surface area (Å²) in [5, 5.41) is -4.00. The smallest absolute Gasteiger partial charge is 0.327 e. The van der Waals surface area contributed by atoms with Gasteiger partial charge in [0.2, 0.25) is 0 Å². The predicted molar refractivity (Wildman–Crippen MR) is 92.2 cm³/mol. The van der Waals surface area contributed by atoms with Crippen LogP contribution in [0, 0.1) is 23.2 Å². The van der Waals surface area contributed by atoms with Gasteiger partial charge in [0.1, 0.15) is 0 Å². The van der Waals surface area contributed by atoms with Gasteiger partial charge in [0.05, 0.1) is 0 Å². The lowest BCUT2D eigenvalue weighted by Gasteiger charge is -2.48. The van der Waals surface area contributed by atoms with Gasteiger partial charge in [-0.25, -0.2) is 9.13 Å². The summed E-state index contributed by atoms with van der Waals surface area (Å²) in [4.78, 5) is 0. The molecule has 1 N–H and O–H groups in total. The molecule has 2 aliphatic rings. The SMILES string of the molecule is CC1CC2CC(C1)CC(C)(CCC(F)(F)C(F)(F)OC(F)(F)C(C)(F)SO)C2. The fraction of sp³-hybridized carbons (Fsp3) is 1.00. The number of alkyl halides is 7. The van der Waals surface area contributed by atoms with Crippen molar-refractivity contribution in [2.24, 2.45) is 23.2 Å². The molecule has 0 aromatic heterocycles. The van der Waals surface area contributed by atoms with Crippen LogP contribution in [0.2, 0.25) is 0 Å². The summed E-state index contributed by atoms with van der Waals surface area (Å²) in [6.07, 6.45) is -8.30. The average Bonchev–Trinajstić information content (AvgIpc) is 2.50. The molecule has 166 valence electrons. The fourth-order valence-electron chi connectivity index (χ4n) is 4.90. The van der Waals surface area contributed by atoms with Crippen LogP contribution in [0.1, 0.15) is 65.7 Å². The topological polar surface area (TPSA) is 29.5 Å². The second-order valence-corrected chi connectivity index (χ2v) is 10.1. The lowest BCUT2D eigenvalue weighted by Crippen LogP contribution is -2.53.